The fraction of sp³-hybridized carbons (Fsp3) is 0.235. The molecule has 0 bridgehead atoms. The van der Waals surface area contributed by atoms with Crippen molar-refractivity contribution < 1.29 is 14.3 Å². The Morgan fingerprint density at radius 1 is 1.09 bits per heavy atom. The van der Waals surface area contributed by atoms with Crippen molar-refractivity contribution in [2.45, 2.75) is 20.8 Å². The van der Waals surface area contributed by atoms with Gasteiger partial charge in [0.2, 0.25) is 0 Å². The van der Waals surface area contributed by atoms with Gasteiger partial charge < -0.3 is 9.47 Å². The smallest absolute Gasteiger partial charge is 0.349 e. The molecule has 0 radical (unpaired) electrons. The molecule has 0 saturated heterocycles. The Bertz CT molecular complexity index is 670. The van der Waals surface area contributed by atoms with E-state index in [1.165, 1.54) is 0 Å². The summed E-state index contributed by atoms with van der Waals surface area (Å²) in [7, 11) is 0. The van der Waals surface area contributed by atoms with Gasteiger partial charge in [0.05, 0.1) is 5.02 Å². The number of halogens is 2. The highest BCUT2D eigenvalue weighted by Gasteiger charge is 2.14. The number of carbonyl (C=O) groups excluding carboxylic acids is 1. The van der Waals surface area contributed by atoms with Gasteiger partial charge in [-0.2, -0.15) is 0 Å². The minimum Gasteiger partial charge on any atom is -0.481 e. The molecular formula is C17H16BrClO3. The number of benzene rings is 2. The summed E-state index contributed by atoms with van der Waals surface area (Å²) in [5.74, 6) is 0.577. The maximum absolute atomic E-state index is 12.0. The van der Waals surface area contributed by atoms with Gasteiger partial charge in [-0.3, -0.25) is 0 Å². The second-order valence-electron chi connectivity index (χ2n) is 5.02. The molecule has 2 aromatic carbocycles. The van der Waals surface area contributed by atoms with Crippen molar-refractivity contribution in [3.63, 3.8) is 0 Å². The van der Waals surface area contributed by atoms with E-state index in [9.17, 15) is 4.79 Å². The third kappa shape index (κ3) is 4.02. The topological polar surface area (TPSA) is 35.5 Å². The van der Waals surface area contributed by atoms with Crippen molar-refractivity contribution in [1.29, 1.82) is 0 Å². The average Bonchev–Trinajstić information content (AvgIpc) is 2.42. The van der Waals surface area contributed by atoms with Crippen LogP contribution in [0.2, 0.25) is 5.02 Å². The summed E-state index contributed by atoms with van der Waals surface area (Å²) in [6.07, 6.45) is 0. The van der Waals surface area contributed by atoms with Gasteiger partial charge in [0.25, 0.3) is 0 Å². The maximum Gasteiger partial charge on any atom is 0.349 e. The standard InChI is InChI=1S/C17H16BrClO3/c1-10-5-4-6-11(2)16(10)21-9-15(20)22-17-12(3)7-13(18)8-14(17)19/h4-8H,9H2,1-3H3. The second kappa shape index (κ2) is 7.16. The lowest BCUT2D eigenvalue weighted by Gasteiger charge is -2.13. The third-order valence-corrected chi connectivity index (χ3v) is 3.89. The van der Waals surface area contributed by atoms with E-state index >= 15 is 0 Å². The van der Waals surface area contributed by atoms with Crippen molar-refractivity contribution in [3.8, 4) is 11.5 Å². The van der Waals surface area contributed by atoms with Crippen LogP contribution < -0.4 is 9.47 Å². The van der Waals surface area contributed by atoms with Crippen LogP contribution in [-0.2, 0) is 4.79 Å². The van der Waals surface area contributed by atoms with Crippen LogP contribution in [0.1, 0.15) is 16.7 Å². The van der Waals surface area contributed by atoms with E-state index < -0.39 is 5.97 Å². The predicted molar refractivity (Wildman–Crippen MR) is 90.9 cm³/mol. The maximum atomic E-state index is 12.0. The minimum absolute atomic E-state index is 0.169. The van der Waals surface area contributed by atoms with Crippen LogP contribution >= 0.6 is 27.5 Å². The number of carbonyl (C=O) groups is 1. The lowest BCUT2D eigenvalue weighted by atomic mass is 10.1. The van der Waals surface area contributed by atoms with E-state index in [1.54, 1.807) is 6.07 Å². The summed E-state index contributed by atoms with van der Waals surface area (Å²) in [6, 6.07) is 9.33. The van der Waals surface area contributed by atoms with E-state index in [0.29, 0.717) is 16.5 Å². The number of para-hydroxylation sites is 1. The van der Waals surface area contributed by atoms with Gasteiger partial charge in [0, 0.05) is 4.47 Å². The second-order valence-corrected chi connectivity index (χ2v) is 6.34. The first-order valence-electron chi connectivity index (χ1n) is 6.74. The Labute approximate surface area is 143 Å². The molecule has 2 aromatic rings. The zero-order valence-electron chi connectivity index (χ0n) is 12.6. The number of esters is 1. The molecule has 0 atom stereocenters. The monoisotopic (exact) mass is 382 g/mol. The molecule has 0 aliphatic heterocycles. The summed E-state index contributed by atoms with van der Waals surface area (Å²) >= 11 is 9.44. The van der Waals surface area contributed by atoms with Crippen LogP contribution in [0.15, 0.2) is 34.8 Å². The first-order valence-corrected chi connectivity index (χ1v) is 7.91. The highest BCUT2D eigenvalue weighted by atomic mass is 79.9. The predicted octanol–water partition coefficient (Wildman–Crippen LogP) is 5.01. The molecule has 22 heavy (non-hydrogen) atoms. The highest BCUT2D eigenvalue weighted by Crippen LogP contribution is 2.32. The lowest BCUT2D eigenvalue weighted by Crippen LogP contribution is -2.19. The molecule has 0 fully saturated rings. The molecule has 0 aromatic heterocycles. The molecule has 116 valence electrons. The zero-order valence-corrected chi connectivity index (χ0v) is 14.9. The largest absolute Gasteiger partial charge is 0.481 e. The number of hydrogen-bond acceptors (Lipinski definition) is 3. The molecule has 0 aliphatic rings. The van der Waals surface area contributed by atoms with Gasteiger partial charge in [-0.25, -0.2) is 4.79 Å². The Hall–Kier alpha value is -1.52. The lowest BCUT2D eigenvalue weighted by molar-refractivity contribution is -0.136. The molecule has 3 nitrogen and oxygen atoms in total. The van der Waals surface area contributed by atoms with Gasteiger partial charge in [0.15, 0.2) is 12.4 Å². The van der Waals surface area contributed by atoms with Crippen LogP contribution in [0.3, 0.4) is 0 Å². The van der Waals surface area contributed by atoms with Crippen molar-refractivity contribution >= 4 is 33.5 Å². The van der Waals surface area contributed by atoms with Crippen LogP contribution in [0.4, 0.5) is 0 Å². The quantitative estimate of drug-likeness (QED) is 0.550. The zero-order chi connectivity index (χ0) is 16.3. The van der Waals surface area contributed by atoms with Crippen molar-refractivity contribution in [3.05, 3.63) is 56.5 Å². The van der Waals surface area contributed by atoms with Gasteiger partial charge in [-0.1, -0.05) is 45.7 Å². The summed E-state index contributed by atoms with van der Waals surface area (Å²) in [6.45, 7) is 5.52. The fourth-order valence-corrected chi connectivity index (χ4v) is 3.13. The Morgan fingerprint density at radius 3 is 2.32 bits per heavy atom. The summed E-state index contributed by atoms with van der Waals surface area (Å²) in [5, 5.41) is 0.382. The van der Waals surface area contributed by atoms with Crippen LogP contribution in [-0.4, -0.2) is 12.6 Å². The number of aryl methyl sites for hydroxylation is 3. The normalized spacial score (nSPS) is 10.4. The SMILES string of the molecule is Cc1cccc(C)c1OCC(=O)Oc1c(C)cc(Br)cc1Cl. The van der Waals surface area contributed by atoms with Crippen molar-refractivity contribution in [2.75, 3.05) is 6.61 Å². The van der Waals surface area contributed by atoms with Gasteiger partial charge in [0.1, 0.15) is 5.75 Å². The Kier molecular flexibility index (Phi) is 5.48. The Morgan fingerprint density at radius 2 is 1.73 bits per heavy atom. The molecule has 0 aliphatic carbocycles. The third-order valence-electron chi connectivity index (χ3n) is 3.15. The van der Waals surface area contributed by atoms with Gasteiger partial charge in [-0.05, 0) is 49.6 Å². The molecule has 0 saturated carbocycles. The van der Waals surface area contributed by atoms with E-state index in [0.717, 1.165) is 21.2 Å². The minimum atomic E-state index is -0.491. The van der Waals surface area contributed by atoms with Crippen molar-refractivity contribution in [2.24, 2.45) is 0 Å². The van der Waals surface area contributed by atoms with Crippen LogP contribution in [0.25, 0.3) is 0 Å². The van der Waals surface area contributed by atoms with Crippen LogP contribution in [0, 0.1) is 20.8 Å². The summed E-state index contributed by atoms with van der Waals surface area (Å²) in [4.78, 5) is 12.0. The molecular weight excluding hydrogens is 368 g/mol. The molecule has 0 heterocycles. The molecule has 0 amide bonds. The van der Waals surface area contributed by atoms with Gasteiger partial charge >= 0.3 is 5.97 Å². The highest BCUT2D eigenvalue weighted by molar-refractivity contribution is 9.10. The average molecular weight is 384 g/mol. The van der Waals surface area contributed by atoms with E-state index in [1.807, 2.05) is 45.0 Å². The Balaban J connectivity index is 2.05. The first kappa shape index (κ1) is 16.8. The summed E-state index contributed by atoms with van der Waals surface area (Å²) in [5.41, 5.74) is 2.73. The van der Waals surface area contributed by atoms with E-state index in [-0.39, 0.29) is 6.61 Å². The van der Waals surface area contributed by atoms with E-state index in [2.05, 4.69) is 15.9 Å². The number of hydrogen-bond donors (Lipinski definition) is 0. The molecule has 5 heteroatoms. The van der Waals surface area contributed by atoms with Crippen LogP contribution in [0.5, 0.6) is 11.5 Å². The number of rotatable bonds is 4. The number of ether oxygens (including phenoxy) is 2. The fourth-order valence-electron chi connectivity index (χ4n) is 2.12. The van der Waals surface area contributed by atoms with Gasteiger partial charge in [-0.15, -0.1) is 0 Å². The molecule has 0 N–H and O–H groups in total. The molecule has 0 spiro atoms. The first-order chi connectivity index (χ1) is 10.4. The van der Waals surface area contributed by atoms with E-state index in [4.69, 9.17) is 21.1 Å². The summed E-state index contributed by atoms with van der Waals surface area (Å²) < 4.78 is 11.7. The van der Waals surface area contributed by atoms with Crippen molar-refractivity contribution in [1.82, 2.24) is 0 Å². The molecule has 0 unspecified atom stereocenters. The molecule has 2 rings (SSSR count).